The molecule has 0 aromatic heterocycles. The molecule has 0 bridgehead atoms. The second-order valence-electron chi connectivity index (χ2n) is 14.4. The number of nitrogens with zero attached hydrogens (tertiary/aromatic N) is 3. The van der Waals surface area contributed by atoms with Crippen LogP contribution in [-0.4, -0.2) is 74.7 Å². The van der Waals surface area contributed by atoms with E-state index in [9.17, 15) is 4.79 Å². The van der Waals surface area contributed by atoms with E-state index in [1.807, 2.05) is 19.1 Å². The maximum absolute atomic E-state index is 12.1. The zero-order valence-corrected chi connectivity index (χ0v) is 27.8. The number of benzene rings is 2. The molecule has 1 unspecified atom stereocenters. The quantitative estimate of drug-likeness (QED) is 0.278. The first-order chi connectivity index (χ1) is 21.3. The molecular formula is C38H52ClN3O2. The maximum atomic E-state index is 12.1. The minimum atomic E-state index is -0.249. The second kappa shape index (κ2) is 14.0. The molecule has 2 aliphatic heterocycles. The summed E-state index contributed by atoms with van der Waals surface area (Å²) in [6.07, 6.45) is 13.7. The van der Waals surface area contributed by atoms with Gasteiger partial charge in [-0.25, -0.2) is 4.79 Å². The summed E-state index contributed by atoms with van der Waals surface area (Å²) >= 11 is 6.30. The predicted molar refractivity (Wildman–Crippen MR) is 183 cm³/mol. The monoisotopic (exact) mass is 617 g/mol. The first-order valence-corrected chi connectivity index (χ1v) is 17.7. The Labute approximate surface area is 270 Å². The fourth-order valence-electron chi connectivity index (χ4n) is 8.58. The largest absolute Gasteiger partial charge is 0.462 e. The molecule has 6 rings (SSSR count). The minimum absolute atomic E-state index is 0.249. The number of anilines is 1. The zero-order chi connectivity index (χ0) is 30.6. The SMILES string of the molecule is CCOC(=O)c1ccc(N2CCN(CC3=C(c4ccc(Cl)cc4)CCC(C)(CN4CCC5(CCCCC5)CC4)C3)CC2)cc1. The number of rotatable bonds is 8. The summed E-state index contributed by atoms with van der Waals surface area (Å²) in [7, 11) is 0. The Bertz CT molecular complexity index is 1280. The molecular weight excluding hydrogens is 566 g/mol. The van der Waals surface area contributed by atoms with Gasteiger partial charge in [-0.15, -0.1) is 0 Å². The average molecular weight is 618 g/mol. The third kappa shape index (κ3) is 7.54. The van der Waals surface area contributed by atoms with Gasteiger partial charge in [0.1, 0.15) is 0 Å². The summed E-state index contributed by atoms with van der Waals surface area (Å²) in [5, 5.41) is 0.809. The average Bonchev–Trinajstić information content (AvgIpc) is 3.04. The molecule has 5 nitrogen and oxygen atoms in total. The van der Waals surface area contributed by atoms with Gasteiger partial charge >= 0.3 is 5.97 Å². The van der Waals surface area contributed by atoms with Gasteiger partial charge < -0.3 is 14.5 Å². The number of carbonyl (C=O) groups is 1. The van der Waals surface area contributed by atoms with Crippen molar-refractivity contribution in [2.45, 2.75) is 78.1 Å². The van der Waals surface area contributed by atoms with Gasteiger partial charge in [0.25, 0.3) is 0 Å². The number of hydrogen-bond acceptors (Lipinski definition) is 5. The van der Waals surface area contributed by atoms with E-state index in [0.717, 1.165) is 44.2 Å². The smallest absolute Gasteiger partial charge is 0.338 e. The van der Waals surface area contributed by atoms with Crippen LogP contribution in [0.1, 0.15) is 94.0 Å². The third-order valence-electron chi connectivity index (χ3n) is 11.2. The van der Waals surface area contributed by atoms with Crippen molar-refractivity contribution in [1.29, 1.82) is 0 Å². The molecule has 2 saturated heterocycles. The first kappa shape index (κ1) is 31.6. The molecule has 1 atom stereocenters. The van der Waals surface area contributed by atoms with E-state index in [2.05, 4.69) is 58.0 Å². The number of hydrogen-bond donors (Lipinski definition) is 0. The molecule has 238 valence electrons. The number of allylic oxidation sites excluding steroid dienone is 1. The first-order valence-electron chi connectivity index (χ1n) is 17.3. The standard InChI is InChI=1S/C38H52ClN3O2/c1-3-44-36(43)31-9-13-34(14-10-31)42-25-23-40(24-26-42)28-32-27-37(2,18-15-35(32)30-7-11-33(39)12-8-30)29-41-21-19-38(20-22-41)16-5-4-6-17-38/h7-14H,3-6,15-29H2,1-2H3. The molecule has 2 aromatic rings. The van der Waals surface area contributed by atoms with Crippen LogP contribution in [0.3, 0.4) is 0 Å². The van der Waals surface area contributed by atoms with Crippen LogP contribution in [-0.2, 0) is 4.74 Å². The van der Waals surface area contributed by atoms with Crippen molar-refractivity contribution in [1.82, 2.24) is 9.80 Å². The highest BCUT2D eigenvalue weighted by atomic mass is 35.5. The second-order valence-corrected chi connectivity index (χ2v) is 14.9. The van der Waals surface area contributed by atoms with Crippen LogP contribution in [0.25, 0.3) is 5.57 Å². The fourth-order valence-corrected chi connectivity index (χ4v) is 8.71. The highest BCUT2D eigenvalue weighted by molar-refractivity contribution is 6.30. The van der Waals surface area contributed by atoms with Crippen molar-refractivity contribution in [2.24, 2.45) is 10.8 Å². The Morgan fingerprint density at radius 1 is 0.818 bits per heavy atom. The van der Waals surface area contributed by atoms with Crippen LogP contribution in [0.4, 0.5) is 5.69 Å². The molecule has 1 spiro atoms. The number of piperazine rings is 1. The lowest BCUT2D eigenvalue weighted by atomic mass is 9.67. The molecule has 44 heavy (non-hydrogen) atoms. The summed E-state index contributed by atoms with van der Waals surface area (Å²) in [6, 6.07) is 16.5. The molecule has 0 N–H and O–H groups in total. The Kier molecular flexibility index (Phi) is 10.0. The van der Waals surface area contributed by atoms with Gasteiger partial charge in [-0.3, -0.25) is 4.90 Å². The predicted octanol–water partition coefficient (Wildman–Crippen LogP) is 8.33. The summed E-state index contributed by atoms with van der Waals surface area (Å²) in [6.45, 7) is 13.7. The van der Waals surface area contributed by atoms with Crippen molar-refractivity contribution in [3.05, 3.63) is 70.3 Å². The van der Waals surface area contributed by atoms with Gasteiger partial charge in [0.15, 0.2) is 0 Å². The van der Waals surface area contributed by atoms with E-state index in [-0.39, 0.29) is 5.97 Å². The van der Waals surface area contributed by atoms with Crippen molar-refractivity contribution in [3.63, 3.8) is 0 Å². The zero-order valence-electron chi connectivity index (χ0n) is 27.1. The lowest BCUT2D eigenvalue weighted by molar-refractivity contribution is 0.0422. The maximum Gasteiger partial charge on any atom is 0.338 e. The Morgan fingerprint density at radius 2 is 1.50 bits per heavy atom. The van der Waals surface area contributed by atoms with Crippen LogP contribution >= 0.6 is 11.6 Å². The van der Waals surface area contributed by atoms with Crippen molar-refractivity contribution >= 4 is 28.8 Å². The fraction of sp³-hybridized carbons (Fsp3) is 0.605. The Morgan fingerprint density at radius 3 is 2.16 bits per heavy atom. The molecule has 2 heterocycles. The van der Waals surface area contributed by atoms with E-state index < -0.39 is 0 Å². The van der Waals surface area contributed by atoms with Crippen LogP contribution in [0, 0.1) is 10.8 Å². The lowest BCUT2D eigenvalue weighted by Crippen LogP contribution is -2.48. The van der Waals surface area contributed by atoms with Crippen LogP contribution in [0.5, 0.6) is 0 Å². The van der Waals surface area contributed by atoms with Crippen LogP contribution in [0.2, 0.25) is 5.02 Å². The number of ether oxygens (including phenoxy) is 1. The molecule has 6 heteroatoms. The molecule has 2 aromatic carbocycles. The normalized spacial score (nSPS) is 24.9. The van der Waals surface area contributed by atoms with Crippen molar-refractivity contribution in [2.75, 3.05) is 63.9 Å². The topological polar surface area (TPSA) is 36.0 Å². The summed E-state index contributed by atoms with van der Waals surface area (Å²) in [5.74, 6) is -0.249. The summed E-state index contributed by atoms with van der Waals surface area (Å²) in [5.41, 5.74) is 7.33. The van der Waals surface area contributed by atoms with Crippen molar-refractivity contribution in [3.8, 4) is 0 Å². The van der Waals surface area contributed by atoms with Gasteiger partial charge in [0.05, 0.1) is 12.2 Å². The van der Waals surface area contributed by atoms with E-state index in [1.165, 1.54) is 88.7 Å². The molecule has 2 aliphatic carbocycles. The summed E-state index contributed by atoms with van der Waals surface area (Å²) in [4.78, 5) is 20.0. The number of likely N-dealkylation sites (tertiary alicyclic amines) is 1. The van der Waals surface area contributed by atoms with Gasteiger partial charge in [-0.1, -0.05) is 55.5 Å². The van der Waals surface area contributed by atoms with Crippen molar-refractivity contribution < 1.29 is 9.53 Å². The van der Waals surface area contributed by atoms with Gasteiger partial charge in [-0.2, -0.15) is 0 Å². The lowest BCUT2D eigenvalue weighted by Gasteiger charge is -2.47. The minimum Gasteiger partial charge on any atom is -0.462 e. The number of esters is 1. The third-order valence-corrected chi connectivity index (χ3v) is 11.5. The molecule has 0 amide bonds. The number of piperidine rings is 1. The van der Waals surface area contributed by atoms with Gasteiger partial charge in [0.2, 0.25) is 0 Å². The Balaban J connectivity index is 1.10. The van der Waals surface area contributed by atoms with Gasteiger partial charge in [0, 0.05) is 50.0 Å². The van der Waals surface area contributed by atoms with E-state index in [0.29, 0.717) is 23.0 Å². The van der Waals surface area contributed by atoms with E-state index in [4.69, 9.17) is 16.3 Å². The van der Waals surface area contributed by atoms with Gasteiger partial charge in [-0.05, 0) is 123 Å². The highest BCUT2D eigenvalue weighted by Gasteiger charge is 2.39. The molecule has 4 aliphatic rings. The van der Waals surface area contributed by atoms with Crippen LogP contribution in [0.15, 0.2) is 54.1 Å². The molecule has 1 saturated carbocycles. The van der Waals surface area contributed by atoms with E-state index >= 15 is 0 Å². The van der Waals surface area contributed by atoms with Crippen LogP contribution < -0.4 is 4.90 Å². The number of halogens is 1. The molecule has 3 fully saturated rings. The number of carbonyl (C=O) groups excluding carboxylic acids is 1. The van der Waals surface area contributed by atoms with E-state index in [1.54, 1.807) is 11.1 Å². The Hall–Kier alpha value is -2.34. The molecule has 0 radical (unpaired) electrons. The summed E-state index contributed by atoms with van der Waals surface area (Å²) < 4.78 is 5.15. The highest BCUT2D eigenvalue weighted by Crippen LogP contribution is 2.47.